The van der Waals surface area contributed by atoms with Crippen LogP contribution in [0.2, 0.25) is 0 Å². The summed E-state index contributed by atoms with van der Waals surface area (Å²) in [6, 6.07) is 14.1. The molecular formula is C21H25N7. The van der Waals surface area contributed by atoms with E-state index in [1.165, 1.54) is 6.42 Å². The van der Waals surface area contributed by atoms with E-state index < -0.39 is 0 Å². The Morgan fingerprint density at radius 3 is 2.82 bits per heavy atom. The molecule has 1 aliphatic heterocycles. The van der Waals surface area contributed by atoms with Gasteiger partial charge in [0.2, 0.25) is 5.95 Å². The molecule has 0 atom stereocenters. The minimum Gasteiger partial charge on any atom is -0.370 e. The summed E-state index contributed by atoms with van der Waals surface area (Å²) in [6.45, 7) is 4.16. The van der Waals surface area contributed by atoms with Crippen molar-refractivity contribution >= 4 is 17.5 Å². The van der Waals surface area contributed by atoms with Crippen LogP contribution in [0.3, 0.4) is 0 Å². The quantitative estimate of drug-likeness (QED) is 0.522. The van der Waals surface area contributed by atoms with Gasteiger partial charge in [0.15, 0.2) is 0 Å². The van der Waals surface area contributed by atoms with Crippen molar-refractivity contribution in [3.8, 4) is 11.1 Å². The van der Waals surface area contributed by atoms with Crippen LogP contribution >= 0.6 is 0 Å². The van der Waals surface area contributed by atoms with Crippen LogP contribution in [0, 0.1) is 0 Å². The molecule has 0 spiro atoms. The lowest BCUT2D eigenvalue weighted by molar-refractivity contribution is 0.253. The van der Waals surface area contributed by atoms with Gasteiger partial charge in [0, 0.05) is 50.5 Å². The van der Waals surface area contributed by atoms with Crippen molar-refractivity contribution in [2.45, 2.75) is 12.8 Å². The maximum atomic E-state index is 4.57. The van der Waals surface area contributed by atoms with Gasteiger partial charge in [-0.15, -0.1) is 0 Å². The normalized spacial score (nSPS) is 14.1. The maximum Gasteiger partial charge on any atom is 0.229 e. The second kappa shape index (κ2) is 9.25. The first-order valence-electron chi connectivity index (χ1n) is 9.70. The van der Waals surface area contributed by atoms with E-state index in [9.17, 15) is 0 Å². The maximum absolute atomic E-state index is 4.57. The van der Waals surface area contributed by atoms with Gasteiger partial charge in [-0.05, 0) is 54.3 Å². The number of aromatic nitrogens is 3. The zero-order chi connectivity index (χ0) is 19.0. The lowest BCUT2D eigenvalue weighted by Crippen LogP contribution is -2.32. The average molecular weight is 375 g/mol. The predicted octanol–water partition coefficient (Wildman–Crippen LogP) is 3.29. The first-order valence-corrected chi connectivity index (χ1v) is 9.70. The fraction of sp³-hybridized carbons (Fsp3) is 0.286. The van der Waals surface area contributed by atoms with Crippen molar-refractivity contribution in [1.82, 2.24) is 25.4 Å². The van der Waals surface area contributed by atoms with Gasteiger partial charge in [-0.2, -0.15) is 4.98 Å². The fourth-order valence-electron chi connectivity index (χ4n) is 3.23. The number of hydrogen-bond acceptors (Lipinski definition) is 7. The van der Waals surface area contributed by atoms with E-state index in [0.29, 0.717) is 5.95 Å². The Bertz CT molecular complexity index is 879. The summed E-state index contributed by atoms with van der Waals surface area (Å²) in [6.07, 6.45) is 7.66. The molecule has 0 unspecified atom stereocenters. The molecule has 1 fully saturated rings. The summed E-state index contributed by atoms with van der Waals surface area (Å²) in [5.41, 5.74) is 6.57. The third kappa shape index (κ3) is 5.03. The van der Waals surface area contributed by atoms with Gasteiger partial charge in [-0.25, -0.2) is 9.99 Å². The van der Waals surface area contributed by atoms with Crippen LogP contribution in [0.1, 0.15) is 12.8 Å². The first kappa shape index (κ1) is 18.3. The third-order valence-corrected chi connectivity index (χ3v) is 4.64. The Hall–Kier alpha value is -3.03. The molecule has 0 saturated carbocycles. The Morgan fingerprint density at radius 2 is 1.96 bits per heavy atom. The van der Waals surface area contributed by atoms with Gasteiger partial charge in [-0.3, -0.25) is 10.4 Å². The number of benzene rings is 1. The van der Waals surface area contributed by atoms with Gasteiger partial charge < -0.3 is 10.6 Å². The van der Waals surface area contributed by atoms with E-state index in [4.69, 9.17) is 0 Å². The lowest BCUT2D eigenvalue weighted by atomic mass is 10.1. The fourth-order valence-corrected chi connectivity index (χ4v) is 3.23. The van der Waals surface area contributed by atoms with E-state index in [2.05, 4.69) is 48.2 Å². The van der Waals surface area contributed by atoms with Gasteiger partial charge in [0.25, 0.3) is 0 Å². The van der Waals surface area contributed by atoms with Crippen LogP contribution in [-0.2, 0) is 0 Å². The molecule has 1 aromatic carbocycles. The van der Waals surface area contributed by atoms with Gasteiger partial charge in [-0.1, -0.05) is 12.1 Å². The molecule has 144 valence electrons. The van der Waals surface area contributed by atoms with Crippen molar-refractivity contribution in [2.75, 3.05) is 36.8 Å². The Kier molecular flexibility index (Phi) is 6.06. The molecule has 28 heavy (non-hydrogen) atoms. The van der Waals surface area contributed by atoms with Crippen LogP contribution in [0.4, 0.5) is 17.5 Å². The molecule has 3 heterocycles. The smallest absolute Gasteiger partial charge is 0.229 e. The second-order valence-corrected chi connectivity index (χ2v) is 6.74. The van der Waals surface area contributed by atoms with E-state index in [0.717, 1.165) is 55.2 Å². The number of nitrogens with zero attached hydrogens (tertiary/aromatic N) is 4. The largest absolute Gasteiger partial charge is 0.370 e. The number of rotatable bonds is 8. The molecule has 0 radical (unpaired) electrons. The summed E-state index contributed by atoms with van der Waals surface area (Å²) in [5, 5.41) is 8.96. The zero-order valence-corrected chi connectivity index (χ0v) is 15.8. The molecule has 1 saturated heterocycles. The van der Waals surface area contributed by atoms with Gasteiger partial charge >= 0.3 is 0 Å². The zero-order valence-electron chi connectivity index (χ0n) is 15.8. The Labute approximate surface area is 165 Å². The Balaban J connectivity index is 1.34. The number of hydrazine groups is 1. The minimum absolute atomic E-state index is 0.582. The topological polar surface area (TPSA) is 78.0 Å². The standard InChI is InChI=1S/C21H25N7/c1-4-18(17-6-11-22-12-7-17)16-19(5-1)26-21-24-13-8-20(27-21)23-9-2-14-28-15-3-10-25-28/h1,4-8,11-13,16,25H,2-3,9-10,14-15H2,(H2,23,24,26,27). The number of nitrogens with one attached hydrogen (secondary N) is 3. The SMILES string of the molecule is c1cc(Nc2nccc(NCCCN3CCCN3)n2)cc(-c2ccncc2)c1. The molecule has 0 aliphatic carbocycles. The summed E-state index contributed by atoms with van der Waals surface area (Å²) < 4.78 is 0. The number of hydrogen-bond donors (Lipinski definition) is 3. The number of pyridine rings is 1. The highest BCUT2D eigenvalue weighted by atomic mass is 15.5. The van der Waals surface area contributed by atoms with Crippen LogP contribution in [0.15, 0.2) is 61.1 Å². The molecule has 0 bridgehead atoms. The summed E-state index contributed by atoms with van der Waals surface area (Å²) in [5.74, 6) is 1.41. The minimum atomic E-state index is 0.582. The highest BCUT2D eigenvalue weighted by Crippen LogP contribution is 2.23. The molecule has 7 nitrogen and oxygen atoms in total. The molecule has 0 amide bonds. The van der Waals surface area contributed by atoms with Crippen LogP contribution in [-0.4, -0.2) is 46.1 Å². The first-order chi connectivity index (χ1) is 13.9. The van der Waals surface area contributed by atoms with Crippen LogP contribution < -0.4 is 16.1 Å². The lowest BCUT2D eigenvalue weighted by Gasteiger charge is -2.15. The molecular weight excluding hydrogens is 350 g/mol. The molecule has 3 aromatic rings. The van der Waals surface area contributed by atoms with E-state index >= 15 is 0 Å². The van der Waals surface area contributed by atoms with Crippen molar-refractivity contribution in [2.24, 2.45) is 0 Å². The van der Waals surface area contributed by atoms with Crippen molar-refractivity contribution < 1.29 is 0 Å². The third-order valence-electron chi connectivity index (χ3n) is 4.64. The van der Waals surface area contributed by atoms with Crippen LogP contribution in [0.5, 0.6) is 0 Å². The van der Waals surface area contributed by atoms with E-state index in [-0.39, 0.29) is 0 Å². The Morgan fingerprint density at radius 1 is 1.04 bits per heavy atom. The van der Waals surface area contributed by atoms with Crippen molar-refractivity contribution in [1.29, 1.82) is 0 Å². The molecule has 2 aromatic heterocycles. The molecule has 3 N–H and O–H groups in total. The van der Waals surface area contributed by atoms with Gasteiger partial charge in [0.05, 0.1) is 0 Å². The summed E-state index contributed by atoms with van der Waals surface area (Å²) in [4.78, 5) is 13.0. The average Bonchev–Trinajstić information content (AvgIpc) is 3.26. The summed E-state index contributed by atoms with van der Waals surface area (Å²) >= 11 is 0. The predicted molar refractivity (Wildman–Crippen MR) is 112 cm³/mol. The highest BCUT2D eigenvalue weighted by molar-refractivity contribution is 5.69. The molecule has 7 heteroatoms. The van der Waals surface area contributed by atoms with Gasteiger partial charge in [0.1, 0.15) is 5.82 Å². The van der Waals surface area contributed by atoms with E-state index in [1.807, 2.05) is 30.3 Å². The monoisotopic (exact) mass is 375 g/mol. The molecule has 1 aliphatic rings. The van der Waals surface area contributed by atoms with Crippen LogP contribution in [0.25, 0.3) is 11.1 Å². The van der Waals surface area contributed by atoms with Crippen molar-refractivity contribution in [3.63, 3.8) is 0 Å². The molecule has 4 rings (SSSR count). The second-order valence-electron chi connectivity index (χ2n) is 6.74. The summed E-state index contributed by atoms with van der Waals surface area (Å²) in [7, 11) is 0. The highest BCUT2D eigenvalue weighted by Gasteiger charge is 2.09. The van der Waals surface area contributed by atoms with Crippen molar-refractivity contribution in [3.05, 3.63) is 61.1 Å². The van der Waals surface area contributed by atoms with E-state index in [1.54, 1.807) is 18.6 Å². The number of anilines is 3.